The van der Waals surface area contributed by atoms with Gasteiger partial charge in [0.25, 0.3) is 0 Å². The number of carboxylic acids is 2. The highest BCUT2D eigenvalue weighted by Gasteiger charge is 2.64. The molecule has 0 saturated carbocycles. The molecule has 2 unspecified atom stereocenters. The second-order valence-corrected chi connectivity index (χ2v) is 14.0. The fraction of sp³-hybridized carbons (Fsp3) is 0.933. The van der Waals surface area contributed by atoms with Crippen LogP contribution < -0.4 is 0 Å². The van der Waals surface area contributed by atoms with Gasteiger partial charge in [-0.25, -0.2) is 4.79 Å². The molecular weight excluding hydrogens is 452 g/mol. The summed E-state index contributed by atoms with van der Waals surface area (Å²) in [4.78, 5) is 29.3. The van der Waals surface area contributed by atoms with Crippen LogP contribution in [0.5, 0.6) is 0 Å². The van der Waals surface area contributed by atoms with Crippen molar-refractivity contribution in [1.29, 1.82) is 0 Å². The number of carboxylic acid groups (broad SMARTS) is 2. The van der Waals surface area contributed by atoms with Crippen LogP contribution in [0.4, 0.5) is 0 Å². The zero-order valence-corrected chi connectivity index (χ0v) is 25.0. The van der Waals surface area contributed by atoms with E-state index < -0.39 is 17.6 Å². The molecule has 2 N–H and O–H groups in total. The van der Waals surface area contributed by atoms with E-state index in [4.69, 9.17) is 5.11 Å². The van der Waals surface area contributed by atoms with Crippen LogP contribution in [0.1, 0.15) is 127 Å². The summed E-state index contributed by atoms with van der Waals surface area (Å²) in [5.74, 6) is -0.441. The molecule has 0 aliphatic carbocycles. The molecule has 2 heterocycles. The number of carbonyl (C=O) groups is 2. The molecule has 2 atom stereocenters. The van der Waals surface area contributed by atoms with Gasteiger partial charge in [-0.3, -0.25) is 14.6 Å². The van der Waals surface area contributed by atoms with Crippen molar-refractivity contribution in [3.8, 4) is 0 Å². The van der Waals surface area contributed by atoms with E-state index in [1.54, 1.807) is 0 Å². The summed E-state index contributed by atoms with van der Waals surface area (Å²) in [5.41, 5.74) is -1.75. The number of likely N-dealkylation sites (tertiary alicyclic amines) is 2. The second-order valence-electron chi connectivity index (χ2n) is 14.0. The Morgan fingerprint density at radius 2 is 1.11 bits per heavy atom. The molecular formula is C30H56N2O4. The van der Waals surface area contributed by atoms with Crippen LogP contribution in [0.15, 0.2) is 0 Å². The van der Waals surface area contributed by atoms with Gasteiger partial charge in [-0.1, -0.05) is 60.8 Å². The normalized spacial score (nSPS) is 29.4. The lowest BCUT2D eigenvalue weighted by atomic mass is 9.59. The van der Waals surface area contributed by atoms with Crippen molar-refractivity contribution < 1.29 is 19.8 Å². The molecule has 2 rings (SSSR count). The summed E-state index contributed by atoms with van der Waals surface area (Å²) in [7, 11) is 0. The molecule has 2 saturated heterocycles. The van der Waals surface area contributed by atoms with Crippen LogP contribution in [0, 0.1) is 22.7 Å². The Morgan fingerprint density at radius 3 is 1.50 bits per heavy atom. The summed E-state index contributed by atoms with van der Waals surface area (Å²) in [6.45, 7) is 24.5. The molecule has 0 amide bonds. The first-order valence-electron chi connectivity index (χ1n) is 14.4. The SMILES string of the molecule is CC1CCN(C(CCCCCCCC(=O)O)(C(=O)O)N2CCC(C)C(C)(C)C2(C)C)C(C)(C)C1(C)C. The van der Waals surface area contributed by atoms with Crippen LogP contribution in [0.3, 0.4) is 0 Å². The molecule has 2 fully saturated rings. The third kappa shape index (κ3) is 5.23. The Morgan fingerprint density at radius 1 is 0.722 bits per heavy atom. The van der Waals surface area contributed by atoms with Crippen molar-refractivity contribution in [2.24, 2.45) is 22.7 Å². The zero-order chi connectivity index (χ0) is 27.7. The lowest BCUT2D eigenvalue weighted by Crippen LogP contribution is -2.80. The highest BCUT2D eigenvalue weighted by atomic mass is 16.4. The number of nitrogens with zero attached hydrogens (tertiary/aromatic N) is 2. The lowest BCUT2D eigenvalue weighted by molar-refractivity contribution is -0.237. The minimum atomic E-state index is -1.08. The Labute approximate surface area is 221 Å². The number of rotatable bonds is 11. The standard InChI is InChI=1S/C30H56N2O4/c1-22-17-20-31(28(7,8)26(22,3)4)30(25(35)36,19-15-13-11-12-14-16-24(33)34)32-21-18-23(2)27(5,6)29(32,9)10/h22-23H,11-21H2,1-10H3,(H,33,34)(H,35,36). The van der Waals surface area contributed by atoms with E-state index in [0.717, 1.165) is 51.6 Å². The molecule has 210 valence electrons. The monoisotopic (exact) mass is 508 g/mol. The second kappa shape index (κ2) is 10.9. The molecule has 0 radical (unpaired) electrons. The van der Waals surface area contributed by atoms with E-state index >= 15 is 0 Å². The fourth-order valence-corrected chi connectivity index (χ4v) is 7.05. The van der Waals surface area contributed by atoms with E-state index in [9.17, 15) is 14.7 Å². The minimum Gasteiger partial charge on any atom is -0.481 e. The number of hydrogen-bond donors (Lipinski definition) is 2. The first-order chi connectivity index (χ1) is 16.4. The van der Waals surface area contributed by atoms with Crippen molar-refractivity contribution in [2.45, 2.75) is 144 Å². The molecule has 0 aromatic rings. The molecule has 2 aliphatic heterocycles. The van der Waals surface area contributed by atoms with Crippen molar-refractivity contribution in [2.75, 3.05) is 13.1 Å². The van der Waals surface area contributed by atoms with Crippen LogP contribution in [-0.2, 0) is 9.59 Å². The van der Waals surface area contributed by atoms with E-state index in [1.165, 1.54) is 0 Å². The van der Waals surface area contributed by atoms with Gasteiger partial charge in [-0.2, -0.15) is 0 Å². The molecule has 0 spiro atoms. The fourth-order valence-electron chi connectivity index (χ4n) is 7.05. The first-order valence-corrected chi connectivity index (χ1v) is 14.4. The number of aliphatic carboxylic acids is 2. The van der Waals surface area contributed by atoms with Gasteiger partial charge in [0.1, 0.15) is 0 Å². The van der Waals surface area contributed by atoms with Gasteiger partial charge in [0.2, 0.25) is 0 Å². The zero-order valence-electron chi connectivity index (χ0n) is 25.0. The highest BCUT2D eigenvalue weighted by molar-refractivity contribution is 5.79. The third-order valence-corrected chi connectivity index (χ3v) is 11.7. The third-order valence-electron chi connectivity index (χ3n) is 11.7. The number of piperidine rings is 2. The van der Waals surface area contributed by atoms with Gasteiger partial charge in [0, 0.05) is 30.6 Å². The van der Waals surface area contributed by atoms with E-state index in [1.807, 2.05) is 0 Å². The Kier molecular flexibility index (Phi) is 9.43. The summed E-state index contributed by atoms with van der Waals surface area (Å²) in [5, 5.41) is 20.1. The van der Waals surface area contributed by atoms with Gasteiger partial charge < -0.3 is 10.2 Å². The quantitative estimate of drug-likeness (QED) is 0.296. The molecule has 0 aromatic carbocycles. The first kappa shape index (κ1) is 31.1. The smallest absolute Gasteiger partial charge is 0.339 e. The molecule has 6 heteroatoms. The molecule has 6 nitrogen and oxygen atoms in total. The summed E-state index contributed by atoms with van der Waals surface area (Å²) in [6, 6.07) is 0. The predicted octanol–water partition coefficient (Wildman–Crippen LogP) is 6.88. The van der Waals surface area contributed by atoms with Gasteiger partial charge in [0.15, 0.2) is 5.66 Å². The van der Waals surface area contributed by atoms with Crippen molar-refractivity contribution in [3.05, 3.63) is 0 Å². The Bertz CT molecular complexity index is 744. The Balaban J connectivity index is 2.49. The van der Waals surface area contributed by atoms with Crippen molar-refractivity contribution >= 4 is 11.9 Å². The van der Waals surface area contributed by atoms with Gasteiger partial charge in [0.05, 0.1) is 0 Å². The predicted molar refractivity (Wildman–Crippen MR) is 147 cm³/mol. The molecule has 2 aliphatic rings. The van der Waals surface area contributed by atoms with E-state index in [-0.39, 0.29) is 28.3 Å². The van der Waals surface area contributed by atoms with Gasteiger partial charge >= 0.3 is 11.9 Å². The van der Waals surface area contributed by atoms with E-state index in [0.29, 0.717) is 24.7 Å². The van der Waals surface area contributed by atoms with Crippen LogP contribution in [0.2, 0.25) is 0 Å². The lowest BCUT2D eigenvalue weighted by Gasteiger charge is -2.68. The van der Waals surface area contributed by atoms with Crippen molar-refractivity contribution in [1.82, 2.24) is 9.80 Å². The summed E-state index contributed by atoms with van der Waals surface area (Å²) in [6.07, 6.45) is 7.06. The highest BCUT2D eigenvalue weighted by Crippen LogP contribution is 2.55. The summed E-state index contributed by atoms with van der Waals surface area (Å²) >= 11 is 0. The maximum atomic E-state index is 13.7. The van der Waals surface area contributed by atoms with Crippen molar-refractivity contribution in [3.63, 3.8) is 0 Å². The van der Waals surface area contributed by atoms with Crippen LogP contribution in [-0.4, -0.2) is 61.8 Å². The van der Waals surface area contributed by atoms with Gasteiger partial charge in [-0.15, -0.1) is 0 Å². The van der Waals surface area contributed by atoms with Crippen LogP contribution in [0.25, 0.3) is 0 Å². The molecule has 0 bridgehead atoms. The van der Waals surface area contributed by atoms with Crippen LogP contribution >= 0.6 is 0 Å². The Hall–Kier alpha value is -1.14. The number of hydrogen-bond acceptors (Lipinski definition) is 4. The topological polar surface area (TPSA) is 81.1 Å². The maximum absolute atomic E-state index is 13.7. The largest absolute Gasteiger partial charge is 0.481 e. The van der Waals surface area contributed by atoms with Gasteiger partial charge in [-0.05, 0) is 82.5 Å². The molecule has 0 aromatic heterocycles. The average Bonchev–Trinajstić information content (AvgIpc) is 2.74. The molecule has 36 heavy (non-hydrogen) atoms. The minimum absolute atomic E-state index is 0.0362. The van der Waals surface area contributed by atoms with E-state index in [2.05, 4.69) is 79.0 Å². The maximum Gasteiger partial charge on any atom is 0.339 e. The average molecular weight is 509 g/mol. The number of unbranched alkanes of at least 4 members (excludes halogenated alkanes) is 4. The summed E-state index contributed by atoms with van der Waals surface area (Å²) < 4.78 is 0.